The summed E-state index contributed by atoms with van der Waals surface area (Å²) in [6.45, 7) is -0.123. The summed E-state index contributed by atoms with van der Waals surface area (Å²) in [5.41, 5.74) is -0.0295. The third-order valence-electron chi connectivity index (χ3n) is 3.65. The van der Waals surface area contributed by atoms with Crippen molar-refractivity contribution in [3.8, 4) is 0 Å². The van der Waals surface area contributed by atoms with Crippen LogP contribution in [0.25, 0.3) is 0 Å². The molecule has 2 aromatic carbocycles. The fourth-order valence-corrected chi connectivity index (χ4v) is 2.33. The lowest BCUT2D eigenvalue weighted by Crippen LogP contribution is -2.41. The van der Waals surface area contributed by atoms with Crippen LogP contribution in [0.4, 0.5) is 18.0 Å². The zero-order valence-electron chi connectivity index (χ0n) is 13.9. The monoisotopic (exact) mass is 383 g/mol. The summed E-state index contributed by atoms with van der Waals surface area (Å²) in [6, 6.07) is 7.67. The third-order valence-corrected chi connectivity index (χ3v) is 3.65. The number of carbonyl (C=O) groups is 2. The quantitative estimate of drug-likeness (QED) is 0.639. The van der Waals surface area contributed by atoms with Gasteiger partial charge in [0.05, 0.1) is 12.5 Å². The first-order valence-corrected chi connectivity index (χ1v) is 7.79. The Morgan fingerprint density at radius 2 is 1.67 bits per heavy atom. The molecule has 0 aliphatic rings. The van der Waals surface area contributed by atoms with Crippen LogP contribution in [0, 0.1) is 17.5 Å². The van der Waals surface area contributed by atoms with Crippen molar-refractivity contribution in [2.75, 3.05) is 0 Å². The first kappa shape index (κ1) is 20.2. The number of ether oxygens (including phenoxy) is 1. The van der Waals surface area contributed by atoms with Gasteiger partial charge in [-0.15, -0.1) is 0 Å². The molecule has 0 saturated heterocycles. The largest absolute Gasteiger partial charge is 0.481 e. The molecule has 1 unspecified atom stereocenters. The third kappa shape index (κ3) is 5.71. The highest BCUT2D eigenvalue weighted by Crippen LogP contribution is 2.24. The van der Waals surface area contributed by atoms with E-state index in [4.69, 9.17) is 9.84 Å². The molecule has 0 bridgehead atoms. The van der Waals surface area contributed by atoms with Crippen molar-refractivity contribution in [3.05, 3.63) is 71.0 Å². The van der Waals surface area contributed by atoms with Gasteiger partial charge in [-0.2, -0.15) is 0 Å². The van der Waals surface area contributed by atoms with Gasteiger partial charge in [0.2, 0.25) is 0 Å². The van der Waals surface area contributed by atoms with Crippen molar-refractivity contribution in [3.63, 3.8) is 0 Å². The van der Waals surface area contributed by atoms with E-state index in [-0.39, 0.29) is 12.7 Å². The number of hydrogen-bond donors (Lipinski definition) is 3. The van der Waals surface area contributed by atoms with Crippen LogP contribution in [0.2, 0.25) is 0 Å². The minimum atomic E-state index is -1.94. The second kappa shape index (κ2) is 9.04. The highest BCUT2D eigenvalue weighted by Gasteiger charge is 2.29. The predicted molar refractivity (Wildman–Crippen MR) is 87.1 cm³/mol. The summed E-state index contributed by atoms with van der Waals surface area (Å²) in [7, 11) is 0. The highest BCUT2D eigenvalue weighted by atomic mass is 19.2. The van der Waals surface area contributed by atoms with E-state index in [1.807, 2.05) is 0 Å². The van der Waals surface area contributed by atoms with E-state index in [0.29, 0.717) is 11.6 Å². The normalized spacial score (nSPS) is 12.9. The second-order valence-corrected chi connectivity index (χ2v) is 5.64. The SMILES string of the molecule is O=C(O)C[C@H](NC(=O)OCc1ccccc1)C(O)c1cc(F)c(F)cc1F. The number of aliphatic hydroxyl groups is 1. The van der Waals surface area contributed by atoms with Gasteiger partial charge in [0, 0.05) is 11.6 Å². The Kier molecular flexibility index (Phi) is 6.78. The number of hydrogen-bond acceptors (Lipinski definition) is 4. The van der Waals surface area contributed by atoms with Crippen molar-refractivity contribution >= 4 is 12.1 Å². The molecule has 0 heterocycles. The van der Waals surface area contributed by atoms with E-state index in [1.54, 1.807) is 30.3 Å². The van der Waals surface area contributed by atoms with Crippen LogP contribution in [0.1, 0.15) is 23.7 Å². The van der Waals surface area contributed by atoms with Gasteiger partial charge in [0.15, 0.2) is 11.6 Å². The lowest BCUT2D eigenvalue weighted by atomic mass is 9.99. The first-order chi connectivity index (χ1) is 12.8. The summed E-state index contributed by atoms with van der Waals surface area (Å²) in [6.07, 6.45) is -3.81. The van der Waals surface area contributed by atoms with E-state index < -0.39 is 53.6 Å². The van der Waals surface area contributed by atoms with Crippen LogP contribution < -0.4 is 5.32 Å². The van der Waals surface area contributed by atoms with Crippen LogP contribution in [0.15, 0.2) is 42.5 Å². The first-order valence-electron chi connectivity index (χ1n) is 7.79. The molecule has 27 heavy (non-hydrogen) atoms. The fraction of sp³-hybridized carbons (Fsp3) is 0.222. The highest BCUT2D eigenvalue weighted by molar-refractivity contribution is 5.71. The average molecular weight is 383 g/mol. The van der Waals surface area contributed by atoms with Gasteiger partial charge >= 0.3 is 12.1 Å². The summed E-state index contributed by atoms with van der Waals surface area (Å²) >= 11 is 0. The smallest absolute Gasteiger partial charge is 0.407 e. The van der Waals surface area contributed by atoms with Gasteiger partial charge in [-0.25, -0.2) is 18.0 Å². The second-order valence-electron chi connectivity index (χ2n) is 5.64. The Balaban J connectivity index is 2.11. The van der Waals surface area contributed by atoms with Crippen LogP contribution in [0.3, 0.4) is 0 Å². The Morgan fingerprint density at radius 3 is 2.30 bits per heavy atom. The standard InChI is InChI=1S/C18H16F3NO5/c19-12-7-14(21)13(20)6-11(12)17(25)15(8-16(23)24)22-18(26)27-9-10-4-2-1-3-5-10/h1-7,15,17,25H,8-9H2,(H,22,26)(H,23,24)/t15-,17?/m0/s1. The van der Waals surface area contributed by atoms with Gasteiger partial charge < -0.3 is 20.3 Å². The van der Waals surface area contributed by atoms with Crippen LogP contribution in [-0.2, 0) is 16.1 Å². The molecule has 0 aromatic heterocycles. The molecule has 0 spiro atoms. The molecular formula is C18H16F3NO5. The van der Waals surface area contributed by atoms with Crippen LogP contribution in [-0.4, -0.2) is 28.3 Å². The number of carbonyl (C=O) groups excluding carboxylic acids is 1. The van der Waals surface area contributed by atoms with Gasteiger partial charge in [-0.3, -0.25) is 4.79 Å². The van der Waals surface area contributed by atoms with Gasteiger partial charge in [-0.1, -0.05) is 30.3 Å². The molecule has 144 valence electrons. The average Bonchev–Trinajstić information content (AvgIpc) is 2.62. The van der Waals surface area contributed by atoms with Gasteiger partial charge in [0.25, 0.3) is 0 Å². The van der Waals surface area contributed by atoms with Crippen molar-refractivity contribution in [1.29, 1.82) is 0 Å². The van der Waals surface area contributed by atoms with Crippen molar-refractivity contribution < 1.29 is 37.7 Å². The number of carboxylic acids is 1. The maximum absolute atomic E-state index is 13.8. The Morgan fingerprint density at radius 1 is 1.04 bits per heavy atom. The molecule has 0 aliphatic carbocycles. The molecule has 0 radical (unpaired) electrons. The summed E-state index contributed by atoms with van der Waals surface area (Å²) in [5, 5.41) is 21.2. The zero-order valence-corrected chi connectivity index (χ0v) is 13.9. The fourth-order valence-electron chi connectivity index (χ4n) is 2.33. The number of rotatable bonds is 7. The molecule has 0 aliphatic heterocycles. The maximum atomic E-state index is 13.8. The van der Waals surface area contributed by atoms with Gasteiger partial charge in [-0.05, 0) is 11.6 Å². The molecule has 0 fully saturated rings. The molecule has 2 rings (SSSR count). The van der Waals surface area contributed by atoms with E-state index >= 15 is 0 Å². The molecule has 1 amide bonds. The number of halogens is 3. The number of carboxylic acid groups (broad SMARTS) is 1. The zero-order chi connectivity index (χ0) is 20.0. The number of alkyl carbamates (subject to hydrolysis) is 1. The lowest BCUT2D eigenvalue weighted by molar-refractivity contribution is -0.138. The van der Waals surface area contributed by atoms with Crippen LogP contribution >= 0.6 is 0 Å². The minimum Gasteiger partial charge on any atom is -0.481 e. The van der Waals surface area contributed by atoms with E-state index in [1.165, 1.54) is 0 Å². The molecule has 0 saturated carbocycles. The maximum Gasteiger partial charge on any atom is 0.407 e. The Labute approximate surface area is 152 Å². The topological polar surface area (TPSA) is 95.9 Å². The molecule has 9 heteroatoms. The number of benzene rings is 2. The Hall–Kier alpha value is -3.07. The van der Waals surface area contributed by atoms with Crippen molar-refractivity contribution in [2.45, 2.75) is 25.2 Å². The minimum absolute atomic E-state index is 0.123. The number of aliphatic hydroxyl groups excluding tert-OH is 1. The molecule has 2 atom stereocenters. The molecule has 3 N–H and O–H groups in total. The molecular weight excluding hydrogens is 367 g/mol. The number of aliphatic carboxylic acids is 1. The molecule has 2 aromatic rings. The van der Waals surface area contributed by atoms with E-state index in [0.717, 1.165) is 0 Å². The summed E-state index contributed by atoms with van der Waals surface area (Å²) < 4.78 is 45.1. The van der Waals surface area contributed by atoms with Crippen molar-refractivity contribution in [2.24, 2.45) is 0 Å². The van der Waals surface area contributed by atoms with Gasteiger partial charge in [0.1, 0.15) is 18.5 Å². The predicted octanol–water partition coefficient (Wildman–Crippen LogP) is 2.91. The number of nitrogens with one attached hydrogen (secondary N) is 1. The summed E-state index contributed by atoms with van der Waals surface area (Å²) in [4.78, 5) is 22.9. The van der Waals surface area contributed by atoms with Crippen molar-refractivity contribution in [1.82, 2.24) is 5.32 Å². The number of amides is 1. The lowest BCUT2D eigenvalue weighted by Gasteiger charge is -2.23. The van der Waals surface area contributed by atoms with Crippen LogP contribution in [0.5, 0.6) is 0 Å². The molecule has 6 nitrogen and oxygen atoms in total. The summed E-state index contributed by atoms with van der Waals surface area (Å²) in [5.74, 6) is -5.58. The Bertz CT molecular complexity index is 816. The van der Waals surface area contributed by atoms with E-state index in [9.17, 15) is 27.9 Å². The van der Waals surface area contributed by atoms with E-state index in [2.05, 4.69) is 5.32 Å².